The Morgan fingerprint density at radius 2 is 2.10 bits per heavy atom. The van der Waals surface area contributed by atoms with Crippen LogP contribution in [0.2, 0.25) is 0 Å². The van der Waals surface area contributed by atoms with Crippen LogP contribution in [-0.4, -0.2) is 63.4 Å². The van der Waals surface area contributed by atoms with Gasteiger partial charge in [0.15, 0.2) is 0 Å². The fourth-order valence-corrected chi connectivity index (χ4v) is 2.88. The first kappa shape index (κ1) is 18.8. The lowest BCUT2D eigenvalue weighted by Gasteiger charge is -2.40. The quantitative estimate of drug-likeness (QED) is 0.538. The van der Waals surface area contributed by atoms with Crippen LogP contribution in [0.1, 0.15) is 45.4 Å². The summed E-state index contributed by atoms with van der Waals surface area (Å²) in [6.07, 6.45) is 6.37. The average molecular weight is 303 g/mol. The third-order valence-corrected chi connectivity index (χ3v) is 4.07. The van der Waals surface area contributed by atoms with Crippen molar-refractivity contribution in [3.8, 4) is 0 Å². The number of aliphatic hydroxyl groups excluding tert-OH is 1. The van der Waals surface area contributed by atoms with Crippen molar-refractivity contribution < 1.29 is 19.3 Å². The minimum Gasteiger partial charge on any atom is -0.394 e. The van der Waals surface area contributed by atoms with Gasteiger partial charge in [0.25, 0.3) is 0 Å². The summed E-state index contributed by atoms with van der Waals surface area (Å²) in [7, 11) is 1.70. The van der Waals surface area contributed by atoms with Gasteiger partial charge in [0.1, 0.15) is 0 Å². The molecule has 0 radical (unpaired) electrons. The van der Waals surface area contributed by atoms with Crippen LogP contribution in [0.5, 0.6) is 0 Å². The van der Waals surface area contributed by atoms with E-state index in [1.54, 1.807) is 7.11 Å². The molecule has 0 saturated heterocycles. The van der Waals surface area contributed by atoms with Gasteiger partial charge >= 0.3 is 0 Å². The van der Waals surface area contributed by atoms with E-state index in [0.717, 1.165) is 58.3 Å². The molecular weight excluding hydrogens is 270 g/mol. The predicted molar refractivity (Wildman–Crippen MR) is 83.6 cm³/mol. The van der Waals surface area contributed by atoms with Gasteiger partial charge in [0.05, 0.1) is 25.9 Å². The Balaban J connectivity index is 2.16. The van der Waals surface area contributed by atoms with Gasteiger partial charge in [-0.3, -0.25) is 0 Å². The molecule has 2 unspecified atom stereocenters. The third kappa shape index (κ3) is 7.56. The Hall–Kier alpha value is -0.200. The second-order valence-electron chi connectivity index (χ2n) is 5.91. The molecule has 1 aliphatic carbocycles. The number of methoxy groups -OCH3 is 1. The Kier molecular flexibility index (Phi) is 10.2. The van der Waals surface area contributed by atoms with Crippen LogP contribution < -0.4 is 5.32 Å². The minimum atomic E-state index is -0.141. The highest BCUT2D eigenvalue weighted by Gasteiger charge is 2.35. The average Bonchev–Trinajstić information content (AvgIpc) is 2.52. The summed E-state index contributed by atoms with van der Waals surface area (Å²) < 4.78 is 16.4. The third-order valence-electron chi connectivity index (χ3n) is 4.07. The molecule has 5 heteroatoms. The topological polar surface area (TPSA) is 60.0 Å². The number of hydrogen-bond acceptors (Lipinski definition) is 5. The zero-order valence-electron chi connectivity index (χ0n) is 13.7. The van der Waals surface area contributed by atoms with Crippen molar-refractivity contribution in [2.45, 2.75) is 57.1 Å². The molecule has 1 fully saturated rings. The van der Waals surface area contributed by atoms with Crippen molar-refractivity contribution in [1.82, 2.24) is 5.32 Å². The molecular formula is C16H33NO4. The molecule has 0 bridgehead atoms. The van der Waals surface area contributed by atoms with Crippen LogP contribution in [0, 0.1) is 0 Å². The van der Waals surface area contributed by atoms with Crippen LogP contribution in [-0.2, 0) is 14.2 Å². The second kappa shape index (κ2) is 11.4. The van der Waals surface area contributed by atoms with Crippen molar-refractivity contribution in [1.29, 1.82) is 0 Å². The van der Waals surface area contributed by atoms with E-state index in [1.807, 2.05) is 0 Å². The summed E-state index contributed by atoms with van der Waals surface area (Å²) in [4.78, 5) is 0. The van der Waals surface area contributed by atoms with Crippen LogP contribution in [0.3, 0.4) is 0 Å². The van der Waals surface area contributed by atoms with Gasteiger partial charge < -0.3 is 24.6 Å². The molecule has 0 aliphatic heterocycles. The molecule has 2 atom stereocenters. The summed E-state index contributed by atoms with van der Waals surface area (Å²) in [5, 5.41) is 13.2. The summed E-state index contributed by atoms with van der Waals surface area (Å²) in [5.41, 5.74) is -0.141. The molecule has 1 aliphatic rings. The minimum absolute atomic E-state index is 0.141. The molecule has 0 aromatic heterocycles. The zero-order chi connectivity index (χ0) is 15.4. The zero-order valence-corrected chi connectivity index (χ0v) is 13.7. The molecule has 0 aromatic carbocycles. The van der Waals surface area contributed by atoms with E-state index in [0.29, 0.717) is 13.2 Å². The first-order valence-corrected chi connectivity index (χ1v) is 8.30. The lowest BCUT2D eigenvalue weighted by Crippen LogP contribution is -2.53. The highest BCUT2D eigenvalue weighted by molar-refractivity contribution is 4.93. The van der Waals surface area contributed by atoms with Crippen molar-refractivity contribution in [2.24, 2.45) is 0 Å². The Labute approximate surface area is 129 Å². The predicted octanol–water partition coefficient (Wildman–Crippen LogP) is 1.73. The van der Waals surface area contributed by atoms with Crippen LogP contribution in [0.15, 0.2) is 0 Å². The molecule has 1 saturated carbocycles. The fourth-order valence-electron chi connectivity index (χ4n) is 2.88. The lowest BCUT2D eigenvalue weighted by molar-refractivity contribution is -0.0389. The Morgan fingerprint density at radius 3 is 2.81 bits per heavy atom. The highest BCUT2D eigenvalue weighted by Crippen LogP contribution is 2.30. The van der Waals surface area contributed by atoms with E-state index < -0.39 is 0 Å². The van der Waals surface area contributed by atoms with Gasteiger partial charge in [0, 0.05) is 25.9 Å². The van der Waals surface area contributed by atoms with E-state index >= 15 is 0 Å². The SMILES string of the molecule is CCCNC1(CO)CCCC(OCCOCCCOC)C1. The smallest absolute Gasteiger partial charge is 0.0704 e. The largest absolute Gasteiger partial charge is 0.394 e. The maximum Gasteiger partial charge on any atom is 0.0704 e. The molecule has 0 heterocycles. The number of rotatable bonds is 12. The molecule has 5 nitrogen and oxygen atoms in total. The van der Waals surface area contributed by atoms with Gasteiger partial charge in [-0.25, -0.2) is 0 Å². The van der Waals surface area contributed by atoms with Crippen molar-refractivity contribution in [3.63, 3.8) is 0 Å². The maximum absolute atomic E-state index is 9.72. The monoisotopic (exact) mass is 303 g/mol. The Bertz CT molecular complexity index is 252. The molecule has 0 amide bonds. The summed E-state index contributed by atoms with van der Waals surface area (Å²) >= 11 is 0. The standard InChI is InChI=1S/C16H33NO4/c1-3-8-17-16(14-18)7-4-6-15(13-16)21-12-11-20-10-5-9-19-2/h15,17-18H,3-14H2,1-2H3. The summed E-state index contributed by atoms with van der Waals surface area (Å²) in [5.74, 6) is 0. The van der Waals surface area contributed by atoms with E-state index in [-0.39, 0.29) is 18.2 Å². The van der Waals surface area contributed by atoms with E-state index in [2.05, 4.69) is 12.2 Å². The highest BCUT2D eigenvalue weighted by atomic mass is 16.5. The fraction of sp³-hybridized carbons (Fsp3) is 1.00. The van der Waals surface area contributed by atoms with Crippen molar-refractivity contribution in [2.75, 3.05) is 46.7 Å². The van der Waals surface area contributed by atoms with Gasteiger partial charge in [-0.2, -0.15) is 0 Å². The van der Waals surface area contributed by atoms with E-state index in [1.165, 1.54) is 0 Å². The van der Waals surface area contributed by atoms with Crippen LogP contribution >= 0.6 is 0 Å². The van der Waals surface area contributed by atoms with Gasteiger partial charge in [-0.15, -0.1) is 0 Å². The van der Waals surface area contributed by atoms with Crippen LogP contribution in [0.4, 0.5) is 0 Å². The second-order valence-corrected chi connectivity index (χ2v) is 5.91. The number of nitrogens with one attached hydrogen (secondary N) is 1. The van der Waals surface area contributed by atoms with Gasteiger partial charge in [-0.05, 0) is 45.1 Å². The Morgan fingerprint density at radius 1 is 1.24 bits per heavy atom. The molecule has 126 valence electrons. The number of ether oxygens (including phenoxy) is 3. The molecule has 2 N–H and O–H groups in total. The summed E-state index contributed by atoms with van der Waals surface area (Å²) in [6.45, 7) is 6.03. The van der Waals surface area contributed by atoms with Crippen molar-refractivity contribution >= 4 is 0 Å². The number of hydrogen-bond donors (Lipinski definition) is 2. The summed E-state index contributed by atoms with van der Waals surface area (Å²) in [6, 6.07) is 0. The lowest BCUT2D eigenvalue weighted by atomic mass is 9.80. The number of aliphatic hydroxyl groups is 1. The van der Waals surface area contributed by atoms with Gasteiger partial charge in [0.2, 0.25) is 0 Å². The molecule has 1 rings (SSSR count). The maximum atomic E-state index is 9.72. The molecule has 0 spiro atoms. The van der Waals surface area contributed by atoms with E-state index in [4.69, 9.17) is 14.2 Å². The van der Waals surface area contributed by atoms with Crippen LogP contribution in [0.25, 0.3) is 0 Å². The normalized spacial score (nSPS) is 26.1. The van der Waals surface area contributed by atoms with Gasteiger partial charge in [-0.1, -0.05) is 6.92 Å². The first-order chi connectivity index (χ1) is 10.3. The van der Waals surface area contributed by atoms with E-state index in [9.17, 15) is 5.11 Å². The molecule has 21 heavy (non-hydrogen) atoms. The van der Waals surface area contributed by atoms with Crippen molar-refractivity contribution in [3.05, 3.63) is 0 Å². The first-order valence-electron chi connectivity index (χ1n) is 8.30. The molecule has 0 aromatic rings.